The number of halogens is 1. The summed E-state index contributed by atoms with van der Waals surface area (Å²) >= 11 is 6.19. The van der Waals surface area contributed by atoms with Crippen LogP contribution in [0.1, 0.15) is 30.6 Å². The van der Waals surface area contributed by atoms with Crippen molar-refractivity contribution in [3.63, 3.8) is 0 Å². The molecule has 0 aliphatic rings. The molecule has 0 unspecified atom stereocenters. The number of hydrogen-bond acceptors (Lipinski definition) is 4. The molecule has 0 bridgehead atoms. The van der Waals surface area contributed by atoms with Gasteiger partial charge in [0.05, 0.1) is 17.1 Å². The van der Waals surface area contributed by atoms with Gasteiger partial charge in [-0.25, -0.2) is 14.6 Å². The van der Waals surface area contributed by atoms with Gasteiger partial charge in [0.1, 0.15) is 17.8 Å². The molecule has 0 N–H and O–H groups in total. The molecule has 3 aromatic rings. The fourth-order valence-electron chi connectivity index (χ4n) is 2.23. The van der Waals surface area contributed by atoms with Crippen LogP contribution in [0.2, 0.25) is 5.02 Å². The molecule has 0 aliphatic carbocycles. The van der Waals surface area contributed by atoms with Gasteiger partial charge in [-0.3, -0.25) is 0 Å². The molecule has 1 aromatic carbocycles. The first-order valence-corrected chi connectivity index (χ1v) is 7.64. The van der Waals surface area contributed by atoms with Crippen LogP contribution in [0.3, 0.4) is 0 Å². The zero-order valence-electron chi connectivity index (χ0n) is 12.6. The summed E-state index contributed by atoms with van der Waals surface area (Å²) in [5.41, 5.74) is 1.63. The van der Waals surface area contributed by atoms with Crippen molar-refractivity contribution in [2.75, 3.05) is 0 Å². The van der Waals surface area contributed by atoms with Gasteiger partial charge in [-0.15, -0.1) is 0 Å². The van der Waals surface area contributed by atoms with E-state index in [9.17, 15) is 0 Å². The maximum atomic E-state index is 6.19. The average Bonchev–Trinajstić information content (AvgIpc) is 3.08. The van der Waals surface area contributed by atoms with Gasteiger partial charge in [0.25, 0.3) is 0 Å². The second-order valence-corrected chi connectivity index (χ2v) is 5.52. The number of aryl methyl sites for hydroxylation is 2. The predicted octanol–water partition coefficient (Wildman–Crippen LogP) is 3.90. The highest BCUT2D eigenvalue weighted by Crippen LogP contribution is 2.28. The summed E-state index contributed by atoms with van der Waals surface area (Å²) in [4.78, 5) is 8.83. The van der Waals surface area contributed by atoms with Crippen molar-refractivity contribution in [3.05, 3.63) is 52.9 Å². The summed E-state index contributed by atoms with van der Waals surface area (Å²) < 4.78 is 7.53. The quantitative estimate of drug-likeness (QED) is 0.716. The first-order valence-electron chi connectivity index (χ1n) is 7.27. The maximum Gasteiger partial charge on any atom is 0.228 e. The van der Waals surface area contributed by atoms with Gasteiger partial charge in [0, 0.05) is 6.42 Å². The molecular weight excluding hydrogens is 300 g/mol. The monoisotopic (exact) mass is 316 g/mol. The topological polar surface area (TPSA) is 56.7 Å². The predicted molar refractivity (Wildman–Crippen MR) is 84.8 cm³/mol. The molecule has 2 heterocycles. The highest BCUT2D eigenvalue weighted by Gasteiger charge is 2.14. The zero-order chi connectivity index (χ0) is 15.5. The minimum Gasteiger partial charge on any atom is -0.441 e. The molecule has 22 heavy (non-hydrogen) atoms. The van der Waals surface area contributed by atoms with Gasteiger partial charge in [-0.2, -0.15) is 5.10 Å². The van der Waals surface area contributed by atoms with Crippen LogP contribution in [-0.2, 0) is 13.0 Å². The Morgan fingerprint density at radius 1 is 1.27 bits per heavy atom. The second kappa shape index (κ2) is 6.32. The molecule has 0 radical (unpaired) electrons. The van der Waals surface area contributed by atoms with Crippen molar-refractivity contribution in [3.8, 4) is 11.5 Å². The normalized spacial score (nSPS) is 11.0. The van der Waals surface area contributed by atoms with Crippen LogP contribution in [0.5, 0.6) is 0 Å². The van der Waals surface area contributed by atoms with E-state index in [2.05, 4.69) is 22.0 Å². The first kappa shape index (κ1) is 14.8. The lowest BCUT2D eigenvalue weighted by molar-refractivity contribution is 0.535. The highest BCUT2D eigenvalue weighted by atomic mass is 35.5. The maximum absolute atomic E-state index is 6.19. The first-order chi connectivity index (χ1) is 10.7. The van der Waals surface area contributed by atoms with Crippen molar-refractivity contribution in [1.82, 2.24) is 19.7 Å². The van der Waals surface area contributed by atoms with Crippen LogP contribution in [0.4, 0.5) is 0 Å². The summed E-state index contributed by atoms with van der Waals surface area (Å²) in [7, 11) is 0. The molecule has 2 aromatic heterocycles. The van der Waals surface area contributed by atoms with Crippen LogP contribution in [0, 0.1) is 6.92 Å². The number of oxazole rings is 1. The van der Waals surface area contributed by atoms with E-state index in [0.717, 1.165) is 35.7 Å². The Bertz CT molecular complexity index is 778. The summed E-state index contributed by atoms with van der Waals surface area (Å²) in [6.45, 7) is 4.54. The van der Waals surface area contributed by atoms with Gasteiger partial charge >= 0.3 is 0 Å². The molecule has 0 saturated carbocycles. The number of rotatable bonds is 5. The van der Waals surface area contributed by atoms with Crippen LogP contribution >= 0.6 is 11.6 Å². The number of hydrogen-bond donors (Lipinski definition) is 0. The van der Waals surface area contributed by atoms with Crippen molar-refractivity contribution < 1.29 is 4.42 Å². The molecule has 3 rings (SSSR count). The van der Waals surface area contributed by atoms with E-state index in [1.807, 2.05) is 31.2 Å². The lowest BCUT2D eigenvalue weighted by Gasteiger charge is -1.97. The second-order valence-electron chi connectivity index (χ2n) is 5.11. The van der Waals surface area contributed by atoms with Crippen LogP contribution < -0.4 is 0 Å². The highest BCUT2D eigenvalue weighted by molar-refractivity contribution is 6.33. The molecule has 114 valence electrons. The van der Waals surface area contributed by atoms with Gasteiger partial charge in [-0.05, 0) is 25.5 Å². The molecule has 0 atom stereocenters. The Morgan fingerprint density at radius 2 is 2.09 bits per heavy atom. The van der Waals surface area contributed by atoms with E-state index >= 15 is 0 Å². The molecule has 0 aliphatic heterocycles. The minimum atomic E-state index is 0.534. The molecular formula is C16H17ClN4O. The molecule has 0 spiro atoms. The molecule has 0 fully saturated rings. The van der Waals surface area contributed by atoms with Crippen LogP contribution in [0.25, 0.3) is 11.5 Å². The van der Waals surface area contributed by atoms with E-state index in [-0.39, 0.29) is 0 Å². The van der Waals surface area contributed by atoms with Gasteiger partial charge in [0.2, 0.25) is 5.89 Å². The fourth-order valence-corrected chi connectivity index (χ4v) is 2.44. The lowest BCUT2D eigenvalue weighted by Crippen LogP contribution is -2.02. The summed E-state index contributed by atoms with van der Waals surface area (Å²) in [5.74, 6) is 2.16. The smallest absolute Gasteiger partial charge is 0.228 e. The molecule has 0 amide bonds. The lowest BCUT2D eigenvalue weighted by atomic mass is 10.2. The van der Waals surface area contributed by atoms with Crippen molar-refractivity contribution in [2.24, 2.45) is 0 Å². The number of aromatic nitrogens is 4. The molecule has 6 heteroatoms. The largest absolute Gasteiger partial charge is 0.441 e. The van der Waals surface area contributed by atoms with E-state index in [1.54, 1.807) is 11.0 Å². The summed E-state index contributed by atoms with van der Waals surface area (Å²) in [6, 6.07) is 7.51. The SMILES string of the molecule is CCCc1ncn(Cc2nc(-c3ccccc3Cl)oc2C)n1. The minimum absolute atomic E-state index is 0.534. The average molecular weight is 317 g/mol. The van der Waals surface area contributed by atoms with E-state index < -0.39 is 0 Å². The van der Waals surface area contributed by atoms with Crippen LogP contribution in [-0.4, -0.2) is 19.7 Å². The number of benzene rings is 1. The Hall–Kier alpha value is -2.14. The van der Waals surface area contributed by atoms with E-state index in [1.165, 1.54) is 0 Å². The van der Waals surface area contributed by atoms with Crippen molar-refractivity contribution in [1.29, 1.82) is 0 Å². The fraction of sp³-hybridized carbons (Fsp3) is 0.312. The third-order valence-electron chi connectivity index (χ3n) is 3.37. The van der Waals surface area contributed by atoms with Gasteiger partial charge in [0.15, 0.2) is 5.82 Å². The summed E-state index contributed by atoms with van der Waals surface area (Å²) in [5, 5.41) is 5.06. The Balaban J connectivity index is 1.84. The number of nitrogens with zero attached hydrogens (tertiary/aromatic N) is 4. The van der Waals surface area contributed by atoms with Gasteiger partial charge in [-0.1, -0.05) is 30.7 Å². The van der Waals surface area contributed by atoms with E-state index in [4.69, 9.17) is 16.0 Å². The summed E-state index contributed by atoms with van der Waals surface area (Å²) in [6.07, 6.45) is 3.65. The molecule has 5 nitrogen and oxygen atoms in total. The van der Waals surface area contributed by atoms with E-state index in [0.29, 0.717) is 17.5 Å². The Kier molecular flexibility index (Phi) is 4.24. The molecule has 0 saturated heterocycles. The standard InChI is InChI=1S/C16H17ClN4O/c1-3-6-15-18-10-21(20-15)9-14-11(2)22-16(19-14)12-7-4-5-8-13(12)17/h4-5,7-8,10H,3,6,9H2,1-2H3. The van der Waals surface area contributed by atoms with Gasteiger partial charge < -0.3 is 4.42 Å². The van der Waals surface area contributed by atoms with Crippen molar-refractivity contribution >= 4 is 11.6 Å². The third-order valence-corrected chi connectivity index (χ3v) is 3.70. The third kappa shape index (κ3) is 3.04. The zero-order valence-corrected chi connectivity index (χ0v) is 13.3. The Morgan fingerprint density at radius 3 is 2.86 bits per heavy atom. The van der Waals surface area contributed by atoms with Crippen LogP contribution in [0.15, 0.2) is 35.0 Å². The van der Waals surface area contributed by atoms with Crippen molar-refractivity contribution in [2.45, 2.75) is 33.2 Å². The Labute approximate surface area is 134 Å².